The van der Waals surface area contributed by atoms with Crippen molar-refractivity contribution < 1.29 is 120 Å². The number of pyridine rings is 3. The average Bonchev–Trinajstić information content (AvgIpc) is 1.65. The van der Waals surface area contributed by atoms with E-state index in [-0.39, 0.29) is 57.3 Å². The second-order valence-electron chi connectivity index (χ2n) is 31.1. The van der Waals surface area contributed by atoms with Gasteiger partial charge in [-0.2, -0.15) is 0 Å². The Labute approximate surface area is 718 Å². The maximum atomic E-state index is 14.4. The molecule has 12 aromatic rings. The molecule has 0 radical (unpaired) electrons. The number of nitrogens with two attached hydrogens (primary N) is 3. The van der Waals surface area contributed by atoms with Crippen LogP contribution in [0, 0.1) is 20.8 Å². The number of aromatic nitrogens is 21. The molecule has 127 heavy (non-hydrogen) atoms. The summed E-state index contributed by atoms with van der Waals surface area (Å²) in [5.74, 6) is 0.505. The van der Waals surface area contributed by atoms with Crippen molar-refractivity contribution in [1.82, 2.24) is 102 Å². The average molecular weight is 1840 g/mol. The lowest BCUT2D eigenvalue weighted by atomic mass is 9.94. The molecule has 0 aliphatic carbocycles. The minimum absolute atomic E-state index is 0.0308. The number of anilines is 3. The third-order valence-corrected chi connectivity index (χ3v) is 23.7. The molecule has 690 valence electrons. The van der Waals surface area contributed by atoms with Gasteiger partial charge in [-0.3, -0.25) is 41.8 Å². The van der Waals surface area contributed by atoms with E-state index in [0.717, 1.165) is 0 Å². The van der Waals surface area contributed by atoms with E-state index in [9.17, 15) is 106 Å². The number of aryl methyl sites for hydroxylation is 3. The Kier molecular flexibility index (Phi) is 27.2. The van der Waals surface area contributed by atoms with Crippen LogP contribution in [0.3, 0.4) is 0 Å². The zero-order valence-electron chi connectivity index (χ0n) is 67.6. The van der Waals surface area contributed by atoms with Crippen molar-refractivity contribution in [3.05, 3.63) is 123 Å². The first-order chi connectivity index (χ1) is 60.3. The van der Waals surface area contributed by atoms with Gasteiger partial charge < -0.3 is 122 Å². The molecule has 24 atom stereocenters. The highest BCUT2D eigenvalue weighted by molar-refractivity contribution is 6.19. The molecule has 18 heterocycles. The van der Waals surface area contributed by atoms with E-state index >= 15 is 0 Å². The van der Waals surface area contributed by atoms with Gasteiger partial charge in [0.15, 0.2) is 130 Å². The number of aliphatic hydroxyl groups excluding tert-OH is 12. The second-order valence-corrected chi connectivity index (χ2v) is 31.6. The smallest absolute Gasteiger partial charge is 0.279 e. The number of nitrogen functional groups attached to an aromatic ring is 3. The van der Waals surface area contributed by atoms with Crippen LogP contribution in [0.1, 0.15) is 82.0 Å². The first-order valence-electron chi connectivity index (χ1n) is 38.6. The van der Waals surface area contributed by atoms with E-state index < -0.39 is 208 Å². The fourth-order valence-electron chi connectivity index (χ4n) is 15.1. The Hall–Kier alpha value is -10.3. The van der Waals surface area contributed by atoms with Gasteiger partial charge in [-0.15, -0.1) is 23.2 Å². The summed E-state index contributed by atoms with van der Waals surface area (Å²) in [4.78, 5) is 91.4. The van der Waals surface area contributed by atoms with Gasteiger partial charge in [-0.05, 0) is 59.2 Å². The number of hydrogen-bond acceptors (Lipinski definition) is 36. The van der Waals surface area contributed by atoms with Crippen LogP contribution >= 0.6 is 23.2 Å². The lowest BCUT2D eigenvalue weighted by molar-refractivity contribution is -0.136. The Morgan fingerprint density at radius 3 is 0.835 bits per heavy atom. The molecule has 18 rings (SSSR count). The van der Waals surface area contributed by atoms with Crippen molar-refractivity contribution >= 4 is 107 Å². The van der Waals surface area contributed by atoms with Gasteiger partial charge >= 0.3 is 0 Å². The van der Waals surface area contributed by atoms with Crippen LogP contribution in [0.15, 0.2) is 89.1 Å². The highest BCUT2D eigenvalue weighted by atomic mass is 35.5. The summed E-state index contributed by atoms with van der Waals surface area (Å²) in [5.41, 5.74) is 10.6. The molecule has 21 N–H and O–H groups in total. The number of nitrogens with zero attached hydrogens (tertiary/aromatic N) is 18. The summed E-state index contributed by atoms with van der Waals surface area (Å²) in [6.07, 6.45) is -15.2. The summed E-state index contributed by atoms with van der Waals surface area (Å²) in [6.45, 7) is 4.45. The highest BCUT2D eigenvalue weighted by Crippen LogP contribution is 2.47. The van der Waals surface area contributed by atoms with E-state index in [2.05, 4.69) is 74.8 Å². The predicted octanol–water partition coefficient (Wildman–Crippen LogP) is -1.03. The molecule has 0 unspecified atom stereocenters. The molecule has 6 aliphatic heterocycles. The number of alkyl halides is 9. The summed E-state index contributed by atoms with van der Waals surface area (Å²) in [7, 11) is 0. The summed E-state index contributed by atoms with van der Waals surface area (Å²) in [6, 6.07) is 4.71. The van der Waals surface area contributed by atoms with E-state index in [1.54, 1.807) is 39.8 Å². The molecule has 0 amide bonds. The molecule has 0 bridgehead atoms. The SMILES string of the molecule is CC[C@]1(CO)O[C@@H](n2cnc3c(N)ccnc32)[C@H](F)[C@@H]1O.Cc1nc2c(ncn2[C@@H]2O[C@@](CO)(CCl)[C@@H](O)[C@H]2F)c(=O)[nH]1.Cc1nc2c(ncn2[C@@H]2O[C@](C)(CO)[C@@H](O)[C@H]2F)c(=O)[nH]1.Cc1nc2c(ncn2[C@@H]2O[C@](C)(CO)[C@@H](O)[C@H]2F)c(=O)[nH]1.Nc1ccnc2c1ncn2[C@@H]1O[C@@](CO)(CCl)[C@@H](O)[C@H]1F.Nc1ccnc2c1ncn2[C@@H]1O[C@@](CO)(CF)[C@@H](O)[C@H]1F. The first kappa shape index (κ1) is 94.3. The van der Waals surface area contributed by atoms with Gasteiger partial charge in [-0.1, -0.05) is 6.92 Å². The Morgan fingerprint density at radius 2 is 0.606 bits per heavy atom. The van der Waals surface area contributed by atoms with E-state index in [1.807, 2.05) is 0 Å². The van der Waals surface area contributed by atoms with Crippen molar-refractivity contribution in [2.45, 2.75) is 193 Å². The lowest BCUT2D eigenvalue weighted by Crippen LogP contribution is -2.47. The second kappa shape index (κ2) is 36.7. The normalized spacial score (nSPS) is 32.7. The molecule has 6 saturated heterocycles. The number of nitrogens with one attached hydrogen (secondary N) is 3. The van der Waals surface area contributed by atoms with E-state index in [1.165, 1.54) is 104 Å². The van der Waals surface area contributed by atoms with E-state index in [0.29, 0.717) is 62.4 Å². The van der Waals surface area contributed by atoms with Crippen molar-refractivity contribution in [3.8, 4) is 0 Å². The van der Waals surface area contributed by atoms with Crippen LogP contribution in [0.5, 0.6) is 0 Å². The van der Waals surface area contributed by atoms with Gasteiger partial charge in [0.05, 0.1) is 106 Å². The van der Waals surface area contributed by atoms with Gasteiger partial charge in [0.25, 0.3) is 16.7 Å². The van der Waals surface area contributed by atoms with Crippen LogP contribution in [0.25, 0.3) is 67.0 Å². The van der Waals surface area contributed by atoms with Crippen LogP contribution in [-0.4, -0.2) is 329 Å². The minimum Gasteiger partial charge on any atom is -0.397 e. The van der Waals surface area contributed by atoms with Crippen molar-refractivity contribution in [3.63, 3.8) is 0 Å². The third kappa shape index (κ3) is 16.4. The number of hydrogen-bond donors (Lipinski definition) is 18. The van der Waals surface area contributed by atoms with Crippen LogP contribution < -0.4 is 33.9 Å². The molecular weight excluding hydrogens is 1750 g/mol. The maximum absolute atomic E-state index is 14.4. The van der Waals surface area contributed by atoms with Crippen LogP contribution in [-0.2, 0) is 28.4 Å². The fraction of sp³-hybridized carbons (Fsp3) is 0.548. The molecule has 54 heteroatoms. The summed E-state index contributed by atoms with van der Waals surface area (Å²) >= 11 is 11.4. The lowest BCUT2D eigenvalue weighted by Gasteiger charge is -2.28. The largest absolute Gasteiger partial charge is 0.397 e. The molecule has 6 aliphatic rings. The van der Waals surface area contributed by atoms with E-state index in [4.69, 9.17) is 68.8 Å². The number of ether oxygens (including phenoxy) is 6. The first-order valence-corrected chi connectivity index (χ1v) is 39.7. The van der Waals surface area contributed by atoms with Gasteiger partial charge in [0.1, 0.15) is 105 Å². The maximum Gasteiger partial charge on any atom is 0.279 e. The Bertz CT molecular complexity index is 5700. The fourth-order valence-corrected chi connectivity index (χ4v) is 15.7. The number of imidazole rings is 6. The van der Waals surface area contributed by atoms with Crippen molar-refractivity contribution in [2.24, 2.45) is 0 Å². The number of fused-ring (bicyclic) bond motifs is 6. The third-order valence-electron chi connectivity index (χ3n) is 22.8. The zero-order chi connectivity index (χ0) is 92.4. The minimum atomic E-state index is -1.99. The van der Waals surface area contributed by atoms with Crippen LogP contribution in [0.4, 0.5) is 47.8 Å². The van der Waals surface area contributed by atoms with Gasteiger partial charge in [0.2, 0.25) is 0 Å². The summed E-state index contributed by atoms with van der Waals surface area (Å²) in [5, 5.41) is 116. The Morgan fingerprint density at radius 1 is 0.370 bits per heavy atom. The standard InChI is InChI=1S/C13H17FN4O3.C12H14ClFN4O4.C12H14ClFN4O3.C12H14F2N4O3.2C12H15FN4O4/c1-2-13(5-19)10(20)8(14)12(21-13)18-6-17-9-7(15)3-4-16-11(9)18;1-5-16-9-7(10(21)17-5)15-4-18(9)11-6(14)8(20)12(2-13,3-19)22-11;2*13-3-12(4-19)9(20)7(14)11(21-12)18-5-17-8-6(15)1-2-16-10(8)18;2*1-5-15-9-7(10(20)16-5)14-4-17(9)11-6(13)8(19)12(2,3-18)21-11/h3-4,6,8,10,12,19-20H,2,5H2,1H3,(H2,15,16);4,6,8,11,19-20H,2-3H2,1H3,(H,16,17,21);2*1-2,5,7,9,11,19-20H,3-4H2,(H2,15,16);2*4,6,8,11,18-19H,3H2,1-2H3,(H,15,16,20)/t8-,10+,12-,13-;6-,8+,11-,12-;2*7-,9+,11-,12-;2*6-,8+,11-,12-/m111111/s1. The summed E-state index contributed by atoms with van der Waals surface area (Å²) < 4.78 is 140. The number of aliphatic hydroxyl groups is 12. The quantitative estimate of drug-likeness (QED) is 0.0406. The number of halogens is 9. The van der Waals surface area contributed by atoms with Crippen LogP contribution in [0.2, 0.25) is 0 Å². The Balaban J connectivity index is 0.000000130. The molecule has 6 fully saturated rings. The predicted molar refractivity (Wildman–Crippen MR) is 429 cm³/mol. The molecule has 0 saturated carbocycles. The highest BCUT2D eigenvalue weighted by Gasteiger charge is 2.61. The zero-order valence-corrected chi connectivity index (χ0v) is 69.1. The molecule has 0 aromatic carbocycles. The number of rotatable bonds is 16. The monoisotopic (exact) mass is 1840 g/mol. The van der Waals surface area contributed by atoms with Crippen molar-refractivity contribution in [1.29, 1.82) is 0 Å². The van der Waals surface area contributed by atoms with Gasteiger partial charge in [-0.25, -0.2) is 90.5 Å². The number of aromatic amines is 3. The molecule has 12 aromatic heterocycles. The number of H-pyrrole nitrogens is 3. The molecule has 45 nitrogen and oxygen atoms in total. The molecular formula is C73H89Cl2F7N24O21. The van der Waals surface area contributed by atoms with Gasteiger partial charge in [0, 0.05) is 18.6 Å². The molecule has 0 spiro atoms. The topological polar surface area (TPSA) is 659 Å². The van der Waals surface area contributed by atoms with Crippen molar-refractivity contribution in [2.75, 3.05) is 75.3 Å².